The van der Waals surface area contributed by atoms with E-state index in [4.69, 9.17) is 17.7 Å². The lowest BCUT2D eigenvalue weighted by Crippen LogP contribution is -2.30. The third kappa shape index (κ3) is 22.7. The van der Waals surface area contributed by atoms with Crippen LogP contribution >= 0.6 is 0 Å². The predicted molar refractivity (Wildman–Crippen MR) is 118 cm³/mol. The summed E-state index contributed by atoms with van der Waals surface area (Å²) in [7, 11) is -0.361. The van der Waals surface area contributed by atoms with Crippen LogP contribution in [0.1, 0.15) is 13.8 Å². The van der Waals surface area contributed by atoms with Crippen LogP contribution < -0.4 is 10.6 Å². The number of halogens is 6. The Morgan fingerprint density at radius 2 is 1.28 bits per heavy atom. The van der Waals surface area contributed by atoms with E-state index in [1.807, 2.05) is 32.6 Å². The maximum atomic E-state index is 11.3. The van der Waals surface area contributed by atoms with Gasteiger partial charge in [-0.2, -0.15) is 34.8 Å². The van der Waals surface area contributed by atoms with Gasteiger partial charge in [0.05, 0.1) is 19.8 Å². The summed E-state index contributed by atoms with van der Waals surface area (Å²) in [6.07, 6.45) is 0. The molecule has 0 radical (unpaired) electrons. The largest absolute Gasteiger partial charge is 0.741 e. The molecule has 12 nitrogen and oxygen atoms in total. The topological polar surface area (TPSA) is 157 Å². The van der Waals surface area contributed by atoms with Crippen molar-refractivity contribution in [2.24, 2.45) is 0 Å². The number of nitrogens with one attached hydrogen (secondary N) is 2. The first-order valence-electron chi connectivity index (χ1n) is 9.59. The average Bonchev–Trinajstić information content (AvgIpc) is 2.67. The first-order valence-corrected chi connectivity index (χ1v) is 12.4. The van der Waals surface area contributed by atoms with E-state index in [0.717, 1.165) is 26.0 Å². The van der Waals surface area contributed by atoms with Crippen molar-refractivity contribution in [3.05, 3.63) is 0 Å². The Bertz CT molecular complexity index is 834. The number of carbonyl (C=O) groups is 1. The van der Waals surface area contributed by atoms with Crippen LogP contribution in [0.3, 0.4) is 0 Å². The quantitative estimate of drug-likeness (QED) is 0.0797. The molecule has 0 fully saturated rings. The maximum absolute atomic E-state index is 11.3. The first kappa shape index (κ1) is 41.4. The molecule has 0 aliphatic carbocycles. The fraction of sp³-hybridized carbons (Fsp3) is 0.875. The molecule has 0 aromatic rings. The van der Waals surface area contributed by atoms with E-state index in [1.54, 1.807) is 26.0 Å². The highest BCUT2D eigenvalue weighted by Gasteiger charge is 2.46. The van der Waals surface area contributed by atoms with Gasteiger partial charge in [0.25, 0.3) is 0 Å². The van der Waals surface area contributed by atoms with Gasteiger partial charge in [0.2, 0.25) is 5.91 Å². The Balaban J connectivity index is -0.000000191. The summed E-state index contributed by atoms with van der Waals surface area (Å²) < 4.78 is 123. The summed E-state index contributed by atoms with van der Waals surface area (Å²) in [4.78, 5) is 12.2. The summed E-state index contributed by atoms with van der Waals surface area (Å²) in [6, 6.07) is 0. The molecule has 0 rings (SSSR count). The molecule has 0 unspecified atom stereocenters. The summed E-state index contributed by atoms with van der Waals surface area (Å²) in [5.74, 6) is 1.08. The fourth-order valence-electron chi connectivity index (χ4n) is 1.19. The summed E-state index contributed by atoms with van der Waals surface area (Å²) in [5, 5.41) is 5.79. The number of carbonyl (C=O) groups excluding carboxylic acids is 1. The lowest BCUT2D eigenvalue weighted by Gasteiger charge is -2.08. The second-order valence-electron chi connectivity index (χ2n) is 6.28. The van der Waals surface area contributed by atoms with Crippen molar-refractivity contribution in [3.63, 3.8) is 0 Å². The molecule has 0 bridgehead atoms. The molecule has 20 heteroatoms. The van der Waals surface area contributed by atoms with Crippen molar-refractivity contribution in [3.8, 4) is 0 Å². The number of nitrogens with zero attached hydrogens (tertiary/aromatic N) is 2. The Morgan fingerprint density at radius 1 is 0.889 bits per heavy atom. The summed E-state index contributed by atoms with van der Waals surface area (Å²) in [5.41, 5.74) is -10.9. The van der Waals surface area contributed by atoms with Gasteiger partial charge in [0.1, 0.15) is 20.6 Å². The molecule has 0 heterocycles. The Labute approximate surface area is 207 Å². The molecule has 0 aliphatic heterocycles. The van der Waals surface area contributed by atoms with Gasteiger partial charge < -0.3 is 24.8 Å². The molecule has 0 saturated carbocycles. The van der Waals surface area contributed by atoms with E-state index in [1.165, 1.54) is 0 Å². The monoisotopic (exact) mass is 588 g/mol. The molecular formula is C16H34F6N4O8S2. The van der Waals surface area contributed by atoms with Crippen molar-refractivity contribution in [2.45, 2.75) is 24.9 Å². The molecule has 0 aromatic carbocycles. The predicted octanol–water partition coefficient (Wildman–Crippen LogP) is 0.131. The molecule has 0 saturated heterocycles. The molecule has 2 N–H and O–H groups in total. The number of likely N-dealkylation sites (N-methyl/N-ethyl adjacent to an activating group) is 3. The zero-order chi connectivity index (χ0) is 30.0. The Kier molecular flexibility index (Phi) is 22.3. The van der Waals surface area contributed by atoms with Crippen LogP contribution in [-0.4, -0.2) is 122 Å². The Hall–Kier alpha value is -1.74. The molecule has 0 atom stereocenters. The zero-order valence-electron chi connectivity index (χ0n) is 21.1. The molecule has 220 valence electrons. The molecule has 0 aliphatic rings. The number of hydrogen-bond donors (Lipinski definition) is 2. The van der Waals surface area contributed by atoms with E-state index >= 15 is 0 Å². The molecule has 0 spiro atoms. The van der Waals surface area contributed by atoms with Crippen LogP contribution in [0.4, 0.5) is 26.3 Å². The smallest absolute Gasteiger partial charge is 0.523 e. The van der Waals surface area contributed by atoms with Crippen molar-refractivity contribution in [2.75, 3.05) is 68.6 Å². The molecular weight excluding hydrogens is 554 g/mol. The first-order chi connectivity index (χ1) is 16.0. The van der Waals surface area contributed by atoms with Gasteiger partial charge in [0, 0.05) is 14.1 Å². The van der Waals surface area contributed by atoms with Crippen LogP contribution in [0.5, 0.6) is 0 Å². The highest BCUT2D eigenvalue weighted by Crippen LogP contribution is 2.24. The van der Waals surface area contributed by atoms with E-state index in [2.05, 4.69) is 14.8 Å². The third-order valence-electron chi connectivity index (χ3n) is 2.80. The SMILES string of the molecule is CCOC(CNC)=[N+](C)C.CCOS(=O)(=O)C(F)(F)F.CNCC(=O)N(C)C.O=S(=O)([O-])C(F)(F)F. The maximum Gasteiger partial charge on any atom is 0.523 e. The van der Waals surface area contributed by atoms with Crippen LogP contribution in [-0.2, 0) is 34.0 Å². The lowest BCUT2D eigenvalue weighted by molar-refractivity contribution is -0.475. The van der Waals surface area contributed by atoms with Crippen molar-refractivity contribution < 1.29 is 66.0 Å². The summed E-state index contributed by atoms with van der Waals surface area (Å²) >= 11 is 0. The molecule has 36 heavy (non-hydrogen) atoms. The minimum atomic E-state index is -6.09. The second-order valence-corrected chi connectivity index (χ2v) is 9.25. The highest BCUT2D eigenvalue weighted by molar-refractivity contribution is 7.87. The van der Waals surface area contributed by atoms with Crippen LogP contribution in [0.15, 0.2) is 0 Å². The number of amides is 1. The Morgan fingerprint density at radius 3 is 1.42 bits per heavy atom. The number of hydrogen-bond acceptors (Lipinski definition) is 10. The van der Waals surface area contributed by atoms with Gasteiger partial charge in [-0.1, -0.05) is 0 Å². The van der Waals surface area contributed by atoms with Gasteiger partial charge in [0.15, 0.2) is 10.1 Å². The van der Waals surface area contributed by atoms with Crippen LogP contribution in [0, 0.1) is 0 Å². The van der Waals surface area contributed by atoms with Crippen molar-refractivity contribution >= 4 is 32.0 Å². The minimum absolute atomic E-state index is 0.104. The normalized spacial score (nSPS) is 11.4. The number of alkyl halides is 6. The fourth-order valence-corrected chi connectivity index (χ4v) is 1.63. The van der Waals surface area contributed by atoms with Gasteiger partial charge >= 0.3 is 27.0 Å². The molecule has 1 amide bonds. The van der Waals surface area contributed by atoms with Gasteiger partial charge in [-0.25, -0.2) is 13.0 Å². The van der Waals surface area contributed by atoms with E-state index in [-0.39, 0.29) is 5.91 Å². The van der Waals surface area contributed by atoms with Crippen LogP contribution in [0.25, 0.3) is 0 Å². The minimum Gasteiger partial charge on any atom is -0.741 e. The number of rotatable bonds is 7. The lowest BCUT2D eigenvalue weighted by atomic mass is 10.5. The van der Waals surface area contributed by atoms with E-state index in [9.17, 15) is 39.6 Å². The van der Waals surface area contributed by atoms with E-state index < -0.39 is 37.9 Å². The van der Waals surface area contributed by atoms with E-state index in [0.29, 0.717) is 6.54 Å². The van der Waals surface area contributed by atoms with Gasteiger partial charge in [-0.15, -0.1) is 0 Å². The second kappa shape index (κ2) is 19.4. The van der Waals surface area contributed by atoms with Gasteiger partial charge in [-0.05, 0) is 27.9 Å². The number of ether oxygens (including phenoxy) is 1. The summed E-state index contributed by atoms with van der Waals surface area (Å²) in [6.45, 7) is 4.58. The van der Waals surface area contributed by atoms with Crippen LogP contribution in [0.2, 0.25) is 0 Å². The van der Waals surface area contributed by atoms with Crippen molar-refractivity contribution in [1.29, 1.82) is 0 Å². The molecule has 0 aromatic heterocycles. The standard InChI is InChI=1S/C7H17N2O.C5H12N2O.C3H5F3O3S.CHF3O3S/c1-5-10-7(6-8-2)9(3)4;1-6-4-5(8)7(2)3;1-2-9-10(7,8)3(4,5)6;2-1(3,4)8(5,6)7/h8H,5-6H2,1-4H3;6H,4H2,1-3H3;2H2,1H3;(H,5,6,7)/q+1;;;/p-1. The average molecular weight is 589 g/mol. The zero-order valence-corrected chi connectivity index (χ0v) is 22.7. The van der Waals surface area contributed by atoms with Crippen molar-refractivity contribution in [1.82, 2.24) is 15.5 Å². The van der Waals surface area contributed by atoms with Gasteiger partial charge in [-0.3, -0.25) is 8.98 Å². The highest BCUT2D eigenvalue weighted by atomic mass is 32.2. The third-order valence-corrected chi connectivity index (χ3v) is 4.48.